The summed E-state index contributed by atoms with van der Waals surface area (Å²) >= 11 is 1.70. The Morgan fingerprint density at radius 1 is 1.24 bits per heavy atom. The largest absolute Gasteiger partial charge is 0.486 e. The molecule has 0 bridgehead atoms. The second-order valence-corrected chi connectivity index (χ2v) is 6.57. The first-order valence-electron chi connectivity index (χ1n) is 7.49. The molecule has 0 spiro atoms. The molecule has 0 saturated carbocycles. The van der Waals surface area contributed by atoms with Gasteiger partial charge in [-0.15, -0.1) is 11.3 Å². The topological polar surface area (TPSA) is 34.1 Å². The van der Waals surface area contributed by atoms with Gasteiger partial charge in [0.05, 0.1) is 5.69 Å². The standard InChI is InChI=1S/C17H24N2OS/c1-5-10-18-13(3)15-6-8-16(9-7-15)20-11-17-19-12(2)14(4)21-17/h6-9,13,18H,5,10-11H2,1-4H3. The van der Waals surface area contributed by atoms with Gasteiger partial charge in [-0.1, -0.05) is 19.1 Å². The summed E-state index contributed by atoms with van der Waals surface area (Å²) < 4.78 is 5.80. The van der Waals surface area contributed by atoms with Crippen LogP contribution >= 0.6 is 11.3 Å². The van der Waals surface area contributed by atoms with E-state index < -0.39 is 0 Å². The maximum absolute atomic E-state index is 5.80. The van der Waals surface area contributed by atoms with E-state index in [1.807, 2.05) is 19.1 Å². The normalized spacial score (nSPS) is 12.4. The quantitative estimate of drug-likeness (QED) is 0.823. The molecule has 2 rings (SSSR count). The average Bonchev–Trinajstić information content (AvgIpc) is 2.82. The molecule has 1 aromatic carbocycles. The number of hydrogen-bond acceptors (Lipinski definition) is 4. The van der Waals surface area contributed by atoms with E-state index >= 15 is 0 Å². The van der Waals surface area contributed by atoms with Crippen molar-refractivity contribution in [2.24, 2.45) is 0 Å². The summed E-state index contributed by atoms with van der Waals surface area (Å²) in [5.74, 6) is 0.895. The van der Waals surface area contributed by atoms with Gasteiger partial charge in [-0.2, -0.15) is 0 Å². The molecule has 0 radical (unpaired) electrons. The van der Waals surface area contributed by atoms with Gasteiger partial charge in [0.1, 0.15) is 17.4 Å². The van der Waals surface area contributed by atoms with Crippen LogP contribution in [-0.4, -0.2) is 11.5 Å². The fourth-order valence-electron chi connectivity index (χ4n) is 2.08. The highest BCUT2D eigenvalue weighted by molar-refractivity contribution is 7.11. The van der Waals surface area contributed by atoms with Crippen molar-refractivity contribution in [1.82, 2.24) is 10.3 Å². The smallest absolute Gasteiger partial charge is 0.140 e. The highest BCUT2D eigenvalue weighted by Crippen LogP contribution is 2.21. The van der Waals surface area contributed by atoms with Crippen molar-refractivity contribution in [3.05, 3.63) is 45.4 Å². The van der Waals surface area contributed by atoms with Gasteiger partial charge in [0, 0.05) is 10.9 Å². The van der Waals surface area contributed by atoms with Crippen molar-refractivity contribution in [3.63, 3.8) is 0 Å². The number of thiazole rings is 1. The summed E-state index contributed by atoms with van der Waals surface area (Å²) in [7, 11) is 0. The SMILES string of the molecule is CCCNC(C)c1ccc(OCc2nc(C)c(C)s2)cc1. The van der Waals surface area contributed by atoms with Crippen molar-refractivity contribution < 1.29 is 4.74 Å². The fraction of sp³-hybridized carbons (Fsp3) is 0.471. The van der Waals surface area contributed by atoms with Crippen LogP contribution in [0.15, 0.2) is 24.3 Å². The number of benzene rings is 1. The van der Waals surface area contributed by atoms with Gasteiger partial charge < -0.3 is 10.1 Å². The highest BCUT2D eigenvalue weighted by Gasteiger charge is 2.06. The van der Waals surface area contributed by atoms with Gasteiger partial charge in [0.2, 0.25) is 0 Å². The second kappa shape index (κ2) is 7.57. The minimum atomic E-state index is 0.378. The lowest BCUT2D eigenvalue weighted by atomic mass is 10.1. The summed E-state index contributed by atoms with van der Waals surface area (Å²) in [6, 6.07) is 8.70. The molecule has 0 amide bonds. The first-order chi connectivity index (χ1) is 10.1. The third-order valence-electron chi connectivity index (χ3n) is 3.52. The maximum Gasteiger partial charge on any atom is 0.140 e. The molecule has 1 N–H and O–H groups in total. The number of aryl methyl sites for hydroxylation is 2. The lowest BCUT2D eigenvalue weighted by molar-refractivity contribution is 0.305. The predicted molar refractivity (Wildman–Crippen MR) is 89.1 cm³/mol. The van der Waals surface area contributed by atoms with Crippen molar-refractivity contribution in [1.29, 1.82) is 0 Å². The van der Waals surface area contributed by atoms with E-state index in [4.69, 9.17) is 4.74 Å². The number of aromatic nitrogens is 1. The number of hydrogen-bond donors (Lipinski definition) is 1. The van der Waals surface area contributed by atoms with Crippen molar-refractivity contribution in [2.75, 3.05) is 6.54 Å². The second-order valence-electron chi connectivity index (χ2n) is 5.28. The van der Waals surface area contributed by atoms with Crippen LogP contribution in [0.1, 0.15) is 47.5 Å². The Morgan fingerprint density at radius 2 is 1.95 bits per heavy atom. The van der Waals surface area contributed by atoms with Crippen LogP contribution in [0.5, 0.6) is 5.75 Å². The van der Waals surface area contributed by atoms with Crippen LogP contribution in [0.3, 0.4) is 0 Å². The van der Waals surface area contributed by atoms with Gasteiger partial charge in [0.15, 0.2) is 0 Å². The summed E-state index contributed by atoms with van der Waals surface area (Å²) in [4.78, 5) is 5.75. The van der Waals surface area contributed by atoms with Gasteiger partial charge in [-0.25, -0.2) is 4.98 Å². The van der Waals surface area contributed by atoms with Crippen LogP contribution in [0.2, 0.25) is 0 Å². The molecule has 1 aromatic heterocycles. The summed E-state index contributed by atoms with van der Waals surface area (Å²) in [5.41, 5.74) is 2.39. The molecule has 1 heterocycles. The zero-order valence-corrected chi connectivity index (χ0v) is 14.1. The monoisotopic (exact) mass is 304 g/mol. The number of ether oxygens (including phenoxy) is 1. The van der Waals surface area contributed by atoms with E-state index in [-0.39, 0.29) is 0 Å². The first kappa shape index (κ1) is 16.0. The van der Waals surface area contributed by atoms with Crippen LogP contribution in [0, 0.1) is 13.8 Å². The third kappa shape index (κ3) is 4.55. The molecule has 3 nitrogen and oxygen atoms in total. The third-order valence-corrected chi connectivity index (χ3v) is 4.56. The zero-order valence-electron chi connectivity index (χ0n) is 13.3. The molecule has 2 aromatic rings. The molecule has 4 heteroatoms. The summed E-state index contributed by atoms with van der Waals surface area (Å²) in [6.07, 6.45) is 1.15. The minimum absolute atomic E-state index is 0.378. The Kier molecular flexibility index (Phi) is 5.76. The minimum Gasteiger partial charge on any atom is -0.486 e. The van der Waals surface area contributed by atoms with E-state index in [1.165, 1.54) is 10.4 Å². The molecule has 114 valence electrons. The molecule has 1 unspecified atom stereocenters. The highest BCUT2D eigenvalue weighted by atomic mass is 32.1. The Bertz CT molecular complexity index is 543. The number of rotatable bonds is 7. The molecule has 0 saturated heterocycles. The lowest BCUT2D eigenvalue weighted by Crippen LogP contribution is -2.19. The van der Waals surface area contributed by atoms with Crippen LogP contribution in [0.4, 0.5) is 0 Å². The van der Waals surface area contributed by atoms with E-state index in [0.717, 1.165) is 29.4 Å². The van der Waals surface area contributed by atoms with Gasteiger partial charge in [-0.05, 0) is 51.4 Å². The molecular weight excluding hydrogens is 280 g/mol. The van der Waals surface area contributed by atoms with E-state index in [1.54, 1.807) is 11.3 Å². The van der Waals surface area contributed by atoms with Gasteiger partial charge >= 0.3 is 0 Å². The Morgan fingerprint density at radius 3 is 2.52 bits per heavy atom. The molecule has 0 aliphatic carbocycles. The maximum atomic E-state index is 5.80. The Balaban J connectivity index is 1.90. The zero-order chi connectivity index (χ0) is 15.2. The fourth-order valence-corrected chi connectivity index (χ4v) is 2.92. The van der Waals surface area contributed by atoms with E-state index in [2.05, 4.69) is 43.2 Å². The Labute approximate surface area is 131 Å². The van der Waals surface area contributed by atoms with Crippen molar-refractivity contribution in [2.45, 2.75) is 46.8 Å². The molecule has 1 atom stereocenters. The predicted octanol–water partition coefficient (Wildman–Crippen LogP) is 4.40. The van der Waals surface area contributed by atoms with E-state index in [0.29, 0.717) is 12.6 Å². The van der Waals surface area contributed by atoms with Crippen LogP contribution in [-0.2, 0) is 6.61 Å². The van der Waals surface area contributed by atoms with E-state index in [9.17, 15) is 0 Å². The summed E-state index contributed by atoms with van der Waals surface area (Å²) in [5, 5.41) is 4.52. The molecule has 0 fully saturated rings. The molecular formula is C17H24N2OS. The van der Waals surface area contributed by atoms with Crippen LogP contribution in [0.25, 0.3) is 0 Å². The van der Waals surface area contributed by atoms with Crippen molar-refractivity contribution in [3.8, 4) is 5.75 Å². The Hall–Kier alpha value is -1.39. The molecule has 21 heavy (non-hydrogen) atoms. The number of nitrogens with zero attached hydrogens (tertiary/aromatic N) is 1. The van der Waals surface area contributed by atoms with Gasteiger partial charge in [0.25, 0.3) is 0 Å². The van der Waals surface area contributed by atoms with Crippen molar-refractivity contribution >= 4 is 11.3 Å². The average molecular weight is 304 g/mol. The summed E-state index contributed by atoms with van der Waals surface area (Å²) in [6.45, 7) is 10.1. The lowest BCUT2D eigenvalue weighted by Gasteiger charge is -2.14. The first-order valence-corrected chi connectivity index (χ1v) is 8.31. The molecule has 0 aliphatic rings. The molecule has 0 aliphatic heterocycles. The number of nitrogens with one attached hydrogen (secondary N) is 1. The van der Waals surface area contributed by atoms with Crippen LogP contribution < -0.4 is 10.1 Å². The van der Waals surface area contributed by atoms with Gasteiger partial charge in [-0.3, -0.25) is 0 Å².